The lowest BCUT2D eigenvalue weighted by Gasteiger charge is -2.06. The van der Waals surface area contributed by atoms with Gasteiger partial charge in [-0.2, -0.15) is 0 Å². The van der Waals surface area contributed by atoms with E-state index >= 15 is 0 Å². The Bertz CT molecular complexity index is 278. The van der Waals surface area contributed by atoms with Crippen LogP contribution in [0.5, 0.6) is 0 Å². The van der Waals surface area contributed by atoms with Crippen LogP contribution >= 0.6 is 0 Å². The van der Waals surface area contributed by atoms with E-state index in [-0.39, 0.29) is 22.7 Å². The van der Waals surface area contributed by atoms with Gasteiger partial charge in [0.15, 0.2) is 0 Å². The van der Waals surface area contributed by atoms with E-state index in [2.05, 4.69) is 38.3 Å². The quantitative estimate of drug-likeness (QED) is 0.695. The molecule has 0 heterocycles. The van der Waals surface area contributed by atoms with Crippen molar-refractivity contribution in [2.75, 3.05) is 13.1 Å². The van der Waals surface area contributed by atoms with E-state index in [1.807, 2.05) is 0 Å². The van der Waals surface area contributed by atoms with Crippen molar-refractivity contribution >= 4 is 5.91 Å². The van der Waals surface area contributed by atoms with Crippen LogP contribution in [-0.2, 0) is 4.79 Å². The van der Waals surface area contributed by atoms with Gasteiger partial charge >= 0.3 is 0 Å². The average Bonchev–Trinajstić information content (AvgIpc) is 3.01. The molecule has 3 nitrogen and oxygen atoms in total. The molecule has 2 N–H and O–H groups in total. The van der Waals surface area contributed by atoms with Crippen LogP contribution in [0.3, 0.4) is 0 Å². The molecule has 1 amide bonds. The summed E-state index contributed by atoms with van der Waals surface area (Å²) in [6, 6.07) is 0.728. The van der Waals surface area contributed by atoms with Gasteiger partial charge in [0.05, 0.1) is 0 Å². The van der Waals surface area contributed by atoms with Crippen molar-refractivity contribution in [3.05, 3.63) is 0 Å². The average molecular weight is 224 g/mol. The highest BCUT2D eigenvalue weighted by Crippen LogP contribution is 2.68. The lowest BCUT2D eigenvalue weighted by molar-refractivity contribution is -0.123. The van der Waals surface area contributed by atoms with E-state index in [9.17, 15) is 4.79 Å². The van der Waals surface area contributed by atoms with Crippen molar-refractivity contribution in [1.29, 1.82) is 0 Å². The molecule has 0 bridgehead atoms. The summed E-state index contributed by atoms with van der Waals surface area (Å²) in [4.78, 5) is 12.0. The third-order valence-corrected chi connectivity index (χ3v) is 4.72. The Hall–Kier alpha value is -0.570. The Balaban J connectivity index is 1.68. The molecule has 0 aromatic carbocycles. The molecule has 16 heavy (non-hydrogen) atoms. The molecule has 3 heteroatoms. The maximum absolute atomic E-state index is 12.0. The van der Waals surface area contributed by atoms with Gasteiger partial charge in [0.2, 0.25) is 5.91 Å². The topological polar surface area (TPSA) is 41.1 Å². The lowest BCUT2D eigenvalue weighted by atomic mass is 10.0. The van der Waals surface area contributed by atoms with E-state index in [0.29, 0.717) is 0 Å². The van der Waals surface area contributed by atoms with Crippen LogP contribution in [0.25, 0.3) is 0 Å². The van der Waals surface area contributed by atoms with Gasteiger partial charge in [0.25, 0.3) is 0 Å². The summed E-state index contributed by atoms with van der Waals surface area (Å²) in [6.45, 7) is 10.4. The van der Waals surface area contributed by atoms with Gasteiger partial charge in [-0.1, -0.05) is 27.7 Å². The summed E-state index contributed by atoms with van der Waals surface area (Å²) in [6.07, 6.45) is 2.60. The van der Waals surface area contributed by atoms with Crippen LogP contribution in [-0.4, -0.2) is 25.0 Å². The fourth-order valence-electron chi connectivity index (χ4n) is 2.70. The monoisotopic (exact) mass is 224 g/mol. The first-order valence-corrected chi connectivity index (χ1v) is 6.38. The third kappa shape index (κ3) is 1.97. The Morgan fingerprint density at radius 3 is 2.12 bits per heavy atom. The Morgan fingerprint density at radius 1 is 1.12 bits per heavy atom. The number of nitrogens with one attached hydrogen (secondary N) is 2. The molecule has 2 saturated carbocycles. The zero-order valence-electron chi connectivity index (χ0n) is 10.9. The van der Waals surface area contributed by atoms with Crippen LogP contribution in [0.1, 0.15) is 40.5 Å². The van der Waals surface area contributed by atoms with Crippen LogP contribution in [0.4, 0.5) is 0 Å². The number of hydrogen-bond acceptors (Lipinski definition) is 2. The van der Waals surface area contributed by atoms with Crippen LogP contribution in [0.2, 0.25) is 0 Å². The SMILES string of the molecule is CC1(C)C(C(=O)NCCNC2CC2)C1(C)C. The first kappa shape index (κ1) is 11.9. The van der Waals surface area contributed by atoms with Crippen LogP contribution in [0, 0.1) is 16.7 Å². The van der Waals surface area contributed by atoms with E-state index in [1.165, 1.54) is 12.8 Å². The van der Waals surface area contributed by atoms with E-state index in [1.54, 1.807) is 0 Å². The Labute approximate surface area is 98.4 Å². The second kappa shape index (κ2) is 3.73. The molecule has 2 aliphatic carbocycles. The second-order valence-corrected chi connectivity index (χ2v) is 6.40. The molecule has 0 unspecified atom stereocenters. The molecule has 0 radical (unpaired) electrons. The van der Waals surface area contributed by atoms with Crippen molar-refractivity contribution in [1.82, 2.24) is 10.6 Å². The summed E-state index contributed by atoms with van der Waals surface area (Å²) in [5.41, 5.74) is 0.308. The zero-order chi connectivity index (χ0) is 12.0. The van der Waals surface area contributed by atoms with Gasteiger partial charge in [-0.25, -0.2) is 0 Å². The predicted octanol–water partition coefficient (Wildman–Crippen LogP) is 1.54. The van der Waals surface area contributed by atoms with Crippen molar-refractivity contribution < 1.29 is 4.79 Å². The van der Waals surface area contributed by atoms with Crippen molar-refractivity contribution in [3.8, 4) is 0 Å². The smallest absolute Gasteiger partial charge is 0.224 e. The number of rotatable bonds is 5. The second-order valence-electron chi connectivity index (χ2n) is 6.40. The molecule has 2 aliphatic rings. The fraction of sp³-hybridized carbons (Fsp3) is 0.923. The summed E-state index contributed by atoms with van der Waals surface area (Å²) in [5.74, 6) is 0.411. The molecule has 0 aromatic rings. The molecule has 2 fully saturated rings. The van der Waals surface area contributed by atoms with Gasteiger partial charge in [-0.05, 0) is 23.7 Å². The molecule has 0 saturated heterocycles. The highest BCUT2D eigenvalue weighted by molar-refractivity contribution is 5.84. The molecule has 0 spiro atoms. The highest BCUT2D eigenvalue weighted by Gasteiger charge is 2.68. The summed E-state index contributed by atoms with van der Waals surface area (Å²) in [5, 5.41) is 6.44. The highest BCUT2D eigenvalue weighted by atomic mass is 16.2. The van der Waals surface area contributed by atoms with Crippen molar-refractivity contribution in [2.24, 2.45) is 16.7 Å². The van der Waals surface area contributed by atoms with Gasteiger partial charge in [-0.15, -0.1) is 0 Å². The van der Waals surface area contributed by atoms with Crippen LogP contribution in [0.15, 0.2) is 0 Å². The summed E-state index contributed by atoms with van der Waals surface area (Å²) in [7, 11) is 0. The first-order valence-electron chi connectivity index (χ1n) is 6.38. The molecule has 0 aromatic heterocycles. The predicted molar refractivity (Wildman–Crippen MR) is 65.1 cm³/mol. The van der Waals surface area contributed by atoms with E-state index < -0.39 is 0 Å². The Morgan fingerprint density at radius 2 is 1.69 bits per heavy atom. The minimum Gasteiger partial charge on any atom is -0.355 e. The van der Waals surface area contributed by atoms with Gasteiger partial charge in [-0.3, -0.25) is 4.79 Å². The number of carbonyl (C=O) groups excluding carboxylic acids is 1. The number of carbonyl (C=O) groups is 1. The maximum atomic E-state index is 12.0. The Kier molecular flexibility index (Phi) is 2.77. The first-order chi connectivity index (χ1) is 7.37. The molecule has 0 aliphatic heterocycles. The standard InChI is InChI=1S/C13H24N2O/c1-12(2)10(13(12,3)4)11(16)15-8-7-14-9-5-6-9/h9-10,14H,5-8H2,1-4H3,(H,15,16). The van der Waals surface area contributed by atoms with E-state index in [4.69, 9.17) is 0 Å². The van der Waals surface area contributed by atoms with Crippen molar-refractivity contribution in [3.63, 3.8) is 0 Å². The maximum Gasteiger partial charge on any atom is 0.224 e. The van der Waals surface area contributed by atoms with Gasteiger partial charge in [0, 0.05) is 25.0 Å². The normalized spacial score (nSPS) is 26.5. The molecule has 2 rings (SSSR count). The fourth-order valence-corrected chi connectivity index (χ4v) is 2.70. The van der Waals surface area contributed by atoms with Gasteiger partial charge in [0.1, 0.15) is 0 Å². The minimum atomic E-state index is 0.154. The molecular weight excluding hydrogens is 200 g/mol. The largest absolute Gasteiger partial charge is 0.355 e. The number of hydrogen-bond donors (Lipinski definition) is 2. The molecule has 0 atom stereocenters. The minimum absolute atomic E-state index is 0.154. The summed E-state index contributed by atoms with van der Waals surface area (Å²) >= 11 is 0. The summed E-state index contributed by atoms with van der Waals surface area (Å²) < 4.78 is 0. The van der Waals surface area contributed by atoms with Gasteiger partial charge < -0.3 is 10.6 Å². The molecule has 92 valence electrons. The lowest BCUT2D eigenvalue weighted by Crippen LogP contribution is -2.34. The van der Waals surface area contributed by atoms with Crippen LogP contribution < -0.4 is 10.6 Å². The number of amides is 1. The third-order valence-electron chi connectivity index (χ3n) is 4.72. The zero-order valence-corrected chi connectivity index (χ0v) is 10.9. The van der Waals surface area contributed by atoms with Crippen molar-refractivity contribution in [2.45, 2.75) is 46.6 Å². The van der Waals surface area contributed by atoms with E-state index in [0.717, 1.165) is 19.1 Å². The molecular formula is C13H24N2O.